The van der Waals surface area contributed by atoms with Gasteiger partial charge in [-0.1, -0.05) is 18.2 Å². The minimum absolute atomic E-state index is 0.717. The van der Waals surface area contributed by atoms with E-state index in [9.17, 15) is 4.79 Å². The zero-order valence-corrected chi connectivity index (χ0v) is 9.10. The van der Waals surface area contributed by atoms with Gasteiger partial charge in [0.2, 0.25) is 0 Å². The molecule has 0 saturated carbocycles. The summed E-state index contributed by atoms with van der Waals surface area (Å²) < 4.78 is 0. The molecule has 1 aromatic heterocycles. The maximum absolute atomic E-state index is 10.8. The summed E-state index contributed by atoms with van der Waals surface area (Å²) in [7, 11) is 0. The van der Waals surface area contributed by atoms with Crippen molar-refractivity contribution in [3.8, 4) is 0 Å². The average Bonchev–Trinajstić information content (AvgIpc) is 2.29. The molecule has 0 saturated heterocycles. The van der Waals surface area contributed by atoms with Gasteiger partial charge in [-0.3, -0.25) is 9.78 Å². The van der Waals surface area contributed by atoms with E-state index in [-0.39, 0.29) is 0 Å². The van der Waals surface area contributed by atoms with Crippen LogP contribution in [0.3, 0.4) is 0 Å². The van der Waals surface area contributed by atoms with Gasteiger partial charge in [0.25, 0.3) is 0 Å². The third kappa shape index (κ3) is 3.17. The Hall–Kier alpha value is -1.70. The number of hydrogen-bond acceptors (Lipinski definition) is 2. The second kappa shape index (κ2) is 5.91. The quantitative estimate of drug-likeness (QED) is 0.553. The molecule has 2 heteroatoms. The van der Waals surface area contributed by atoms with Crippen LogP contribution in [0.25, 0.3) is 0 Å². The van der Waals surface area contributed by atoms with Gasteiger partial charge < -0.3 is 0 Å². The first kappa shape index (κ1) is 11.4. The smallest absolute Gasteiger partial charge is 0.150 e. The van der Waals surface area contributed by atoms with E-state index in [0.29, 0.717) is 5.56 Å². The van der Waals surface area contributed by atoms with E-state index < -0.39 is 0 Å². The van der Waals surface area contributed by atoms with Crippen LogP contribution in [0.2, 0.25) is 0 Å². The third-order valence-corrected chi connectivity index (χ3v) is 2.21. The Morgan fingerprint density at radius 1 is 1.47 bits per heavy atom. The summed E-state index contributed by atoms with van der Waals surface area (Å²) in [5, 5.41) is 0. The molecule has 0 aromatic carbocycles. The summed E-state index contributed by atoms with van der Waals surface area (Å²) in [5.41, 5.74) is 2.88. The van der Waals surface area contributed by atoms with Gasteiger partial charge in [-0.25, -0.2) is 0 Å². The highest BCUT2D eigenvalue weighted by molar-refractivity contribution is 5.77. The minimum atomic E-state index is 0.717. The zero-order valence-electron chi connectivity index (χ0n) is 9.10. The fourth-order valence-corrected chi connectivity index (χ4v) is 1.39. The van der Waals surface area contributed by atoms with Gasteiger partial charge in [0.1, 0.15) is 6.29 Å². The molecule has 0 fully saturated rings. The summed E-state index contributed by atoms with van der Waals surface area (Å²) >= 11 is 0. The normalized spacial score (nSPS) is 12.0. The molecule has 0 aliphatic rings. The Morgan fingerprint density at radius 2 is 2.27 bits per heavy atom. The van der Waals surface area contributed by atoms with Crippen molar-refractivity contribution in [3.05, 3.63) is 53.4 Å². The zero-order chi connectivity index (χ0) is 11.1. The lowest BCUT2D eigenvalue weighted by molar-refractivity contribution is 0.112. The number of aldehydes is 1. The van der Waals surface area contributed by atoms with Gasteiger partial charge in [-0.2, -0.15) is 0 Å². The van der Waals surface area contributed by atoms with Gasteiger partial charge in [0.05, 0.1) is 0 Å². The van der Waals surface area contributed by atoms with Gasteiger partial charge in [-0.05, 0) is 37.5 Å². The van der Waals surface area contributed by atoms with Gasteiger partial charge in [0.15, 0.2) is 0 Å². The molecule has 1 heterocycles. The molecule has 1 aromatic rings. The fourth-order valence-electron chi connectivity index (χ4n) is 1.39. The number of pyridine rings is 1. The average molecular weight is 201 g/mol. The number of aromatic nitrogens is 1. The van der Waals surface area contributed by atoms with E-state index in [4.69, 9.17) is 0 Å². The van der Waals surface area contributed by atoms with Crippen molar-refractivity contribution in [1.82, 2.24) is 4.98 Å². The van der Waals surface area contributed by atoms with Crippen LogP contribution >= 0.6 is 0 Å². The maximum atomic E-state index is 10.8. The SMILES string of the molecule is C/C=C\C(=C/C)Cc1cnccc1C=O. The number of carbonyl (C=O) groups excluding carboxylic acids is 1. The van der Waals surface area contributed by atoms with Crippen molar-refractivity contribution in [3.63, 3.8) is 0 Å². The van der Waals surface area contributed by atoms with E-state index in [1.54, 1.807) is 18.5 Å². The monoisotopic (exact) mass is 201 g/mol. The first-order valence-corrected chi connectivity index (χ1v) is 4.97. The third-order valence-electron chi connectivity index (χ3n) is 2.21. The lowest BCUT2D eigenvalue weighted by Crippen LogP contribution is -1.95. The van der Waals surface area contributed by atoms with Crippen molar-refractivity contribution in [2.24, 2.45) is 0 Å². The summed E-state index contributed by atoms with van der Waals surface area (Å²) in [6, 6.07) is 1.74. The maximum Gasteiger partial charge on any atom is 0.150 e. The van der Waals surface area contributed by atoms with Crippen LogP contribution in [-0.2, 0) is 6.42 Å². The van der Waals surface area contributed by atoms with E-state index >= 15 is 0 Å². The molecule has 0 radical (unpaired) electrons. The summed E-state index contributed by atoms with van der Waals surface area (Å²) in [6.07, 6.45) is 11.1. The summed E-state index contributed by atoms with van der Waals surface area (Å²) in [5.74, 6) is 0. The van der Waals surface area contributed by atoms with Crippen molar-refractivity contribution in [2.45, 2.75) is 20.3 Å². The number of allylic oxidation sites excluding steroid dienone is 4. The molecular weight excluding hydrogens is 186 g/mol. The number of hydrogen-bond donors (Lipinski definition) is 0. The highest BCUT2D eigenvalue weighted by atomic mass is 16.1. The lowest BCUT2D eigenvalue weighted by Gasteiger charge is -2.04. The Balaban J connectivity index is 2.92. The van der Waals surface area contributed by atoms with Crippen molar-refractivity contribution in [2.75, 3.05) is 0 Å². The molecule has 2 nitrogen and oxygen atoms in total. The molecule has 1 rings (SSSR count). The topological polar surface area (TPSA) is 30.0 Å². The van der Waals surface area contributed by atoms with E-state index in [1.165, 1.54) is 5.57 Å². The van der Waals surface area contributed by atoms with Crippen LogP contribution in [0, 0.1) is 0 Å². The Bertz CT molecular complexity index is 391. The van der Waals surface area contributed by atoms with Crippen LogP contribution in [-0.4, -0.2) is 11.3 Å². The van der Waals surface area contributed by atoms with E-state index in [1.807, 2.05) is 32.1 Å². The van der Waals surface area contributed by atoms with Gasteiger partial charge in [0, 0.05) is 18.0 Å². The van der Waals surface area contributed by atoms with E-state index in [0.717, 1.165) is 18.3 Å². The molecule has 78 valence electrons. The van der Waals surface area contributed by atoms with Crippen LogP contribution in [0.1, 0.15) is 29.8 Å². The highest BCUT2D eigenvalue weighted by Gasteiger charge is 2.02. The first-order chi connectivity index (χ1) is 7.31. The molecule has 0 spiro atoms. The van der Waals surface area contributed by atoms with Gasteiger partial charge >= 0.3 is 0 Å². The van der Waals surface area contributed by atoms with Gasteiger partial charge in [-0.15, -0.1) is 0 Å². The molecule has 0 amide bonds. The number of carbonyl (C=O) groups is 1. The largest absolute Gasteiger partial charge is 0.298 e. The van der Waals surface area contributed by atoms with Crippen molar-refractivity contribution >= 4 is 6.29 Å². The minimum Gasteiger partial charge on any atom is -0.298 e. The van der Waals surface area contributed by atoms with Crippen LogP contribution < -0.4 is 0 Å². The molecule has 0 atom stereocenters. The van der Waals surface area contributed by atoms with Crippen LogP contribution in [0.5, 0.6) is 0 Å². The molecule has 0 bridgehead atoms. The second-order valence-corrected chi connectivity index (χ2v) is 3.23. The molecule has 0 aliphatic heterocycles. The summed E-state index contributed by atoms with van der Waals surface area (Å²) in [6.45, 7) is 3.97. The molecule has 0 unspecified atom stereocenters. The lowest BCUT2D eigenvalue weighted by atomic mass is 10.0. The van der Waals surface area contributed by atoms with Crippen molar-refractivity contribution < 1.29 is 4.79 Å². The van der Waals surface area contributed by atoms with Crippen molar-refractivity contribution in [1.29, 1.82) is 0 Å². The predicted molar refractivity (Wildman–Crippen MR) is 61.9 cm³/mol. The highest BCUT2D eigenvalue weighted by Crippen LogP contribution is 2.11. The standard InChI is InChI=1S/C13H15NO/c1-3-5-11(4-2)8-13-9-14-7-6-12(13)10-15/h3-7,9-10H,8H2,1-2H3/b5-3-,11-4+. The van der Waals surface area contributed by atoms with Crippen LogP contribution in [0.15, 0.2) is 42.3 Å². The second-order valence-electron chi connectivity index (χ2n) is 3.23. The Morgan fingerprint density at radius 3 is 2.87 bits per heavy atom. The Labute approximate surface area is 90.4 Å². The molecular formula is C13H15NO. The van der Waals surface area contributed by atoms with E-state index in [2.05, 4.69) is 4.98 Å². The molecule has 15 heavy (non-hydrogen) atoms. The fraction of sp³-hybridized carbons (Fsp3) is 0.231. The summed E-state index contributed by atoms with van der Waals surface area (Å²) in [4.78, 5) is 14.8. The Kier molecular flexibility index (Phi) is 4.48. The first-order valence-electron chi connectivity index (χ1n) is 4.97. The number of nitrogens with zero attached hydrogens (tertiary/aromatic N) is 1. The number of rotatable bonds is 4. The predicted octanol–water partition coefficient (Wildman–Crippen LogP) is 2.96. The molecule has 0 aliphatic carbocycles. The molecule has 0 N–H and O–H groups in total. The van der Waals surface area contributed by atoms with Crippen LogP contribution in [0.4, 0.5) is 0 Å².